The van der Waals surface area contributed by atoms with Gasteiger partial charge in [-0.3, -0.25) is 19.2 Å². The van der Waals surface area contributed by atoms with Crippen molar-refractivity contribution in [1.82, 2.24) is 16.0 Å². The Morgan fingerprint density at radius 3 is 2.08 bits per heavy atom. The van der Waals surface area contributed by atoms with E-state index < -0.39 is 41.8 Å². The lowest BCUT2D eigenvalue weighted by Gasteiger charge is -2.26. The van der Waals surface area contributed by atoms with Gasteiger partial charge in [-0.2, -0.15) is 12.6 Å². The molecule has 0 saturated heterocycles. The van der Waals surface area contributed by atoms with Crippen LogP contribution in [0.5, 0.6) is 0 Å². The third kappa shape index (κ3) is 7.18. The van der Waals surface area contributed by atoms with Gasteiger partial charge < -0.3 is 26.8 Å². The van der Waals surface area contributed by atoms with Gasteiger partial charge in [0.2, 0.25) is 17.7 Å². The SMILES string of the molecule is CCC(C)C(NC(=O)CN)C(=O)NC(CS)C(=O)NC(C)C(=O)O. The summed E-state index contributed by atoms with van der Waals surface area (Å²) in [6, 6.07) is -2.97. The van der Waals surface area contributed by atoms with Crippen molar-refractivity contribution in [2.24, 2.45) is 11.7 Å². The molecule has 9 nitrogen and oxygen atoms in total. The molecule has 0 saturated carbocycles. The number of thiol groups is 1. The molecule has 0 aliphatic heterocycles. The molecule has 0 fully saturated rings. The molecule has 0 aliphatic carbocycles. The molecule has 4 atom stereocenters. The van der Waals surface area contributed by atoms with Crippen molar-refractivity contribution in [2.75, 3.05) is 12.3 Å². The Bertz CT molecular complexity index is 474. The summed E-state index contributed by atoms with van der Waals surface area (Å²) >= 11 is 4.00. The van der Waals surface area contributed by atoms with Gasteiger partial charge in [0, 0.05) is 5.75 Å². The smallest absolute Gasteiger partial charge is 0.325 e. The molecule has 3 amide bonds. The van der Waals surface area contributed by atoms with Crippen LogP contribution >= 0.6 is 12.6 Å². The van der Waals surface area contributed by atoms with Crippen LogP contribution in [0.3, 0.4) is 0 Å². The fourth-order valence-electron chi connectivity index (χ4n) is 1.77. The Kier molecular flexibility index (Phi) is 10.0. The summed E-state index contributed by atoms with van der Waals surface area (Å²) in [4.78, 5) is 46.7. The molecule has 0 aromatic rings. The van der Waals surface area contributed by atoms with E-state index in [9.17, 15) is 19.2 Å². The van der Waals surface area contributed by atoms with Crippen LogP contribution in [-0.2, 0) is 19.2 Å². The lowest BCUT2D eigenvalue weighted by atomic mass is 9.98. The lowest BCUT2D eigenvalue weighted by Crippen LogP contribution is -2.58. The van der Waals surface area contributed by atoms with Crippen LogP contribution in [0.15, 0.2) is 0 Å². The minimum absolute atomic E-state index is 0.0258. The molecule has 138 valence electrons. The Balaban J connectivity index is 4.98. The van der Waals surface area contributed by atoms with E-state index in [1.807, 2.05) is 6.92 Å². The second kappa shape index (κ2) is 10.9. The molecular weight excluding hydrogens is 336 g/mol. The van der Waals surface area contributed by atoms with E-state index in [0.29, 0.717) is 6.42 Å². The first kappa shape index (κ1) is 22.2. The van der Waals surface area contributed by atoms with Crippen LogP contribution in [0, 0.1) is 5.92 Å². The standard InChI is InChI=1S/C14H26N4O5S/c1-4-7(2)11(18-10(19)5-15)13(21)17-9(6-24)12(20)16-8(3)14(22)23/h7-9,11,24H,4-6,15H2,1-3H3,(H,16,20)(H,17,21)(H,18,19)(H,22,23). The maximum atomic E-state index is 12.4. The van der Waals surface area contributed by atoms with E-state index in [2.05, 4.69) is 28.6 Å². The zero-order valence-electron chi connectivity index (χ0n) is 14.0. The van der Waals surface area contributed by atoms with Crippen LogP contribution in [-0.4, -0.2) is 59.2 Å². The molecule has 24 heavy (non-hydrogen) atoms. The Morgan fingerprint density at radius 2 is 1.67 bits per heavy atom. The first-order valence-electron chi connectivity index (χ1n) is 7.61. The second-order valence-corrected chi connectivity index (χ2v) is 5.81. The topological polar surface area (TPSA) is 151 Å². The number of hydrogen-bond donors (Lipinski definition) is 6. The molecule has 0 spiro atoms. The van der Waals surface area contributed by atoms with E-state index in [4.69, 9.17) is 10.8 Å². The quantitative estimate of drug-likeness (QED) is 0.260. The lowest BCUT2D eigenvalue weighted by molar-refractivity contribution is -0.141. The molecule has 0 aromatic carbocycles. The number of carboxylic acid groups (broad SMARTS) is 1. The van der Waals surface area contributed by atoms with Gasteiger partial charge in [-0.25, -0.2) is 0 Å². The Hall–Kier alpha value is -1.81. The fourth-order valence-corrected chi connectivity index (χ4v) is 2.02. The van der Waals surface area contributed by atoms with Gasteiger partial charge in [0.25, 0.3) is 0 Å². The van der Waals surface area contributed by atoms with E-state index >= 15 is 0 Å². The van der Waals surface area contributed by atoms with E-state index in [-0.39, 0.29) is 18.2 Å². The summed E-state index contributed by atoms with van der Waals surface area (Å²) in [5, 5.41) is 16.1. The van der Waals surface area contributed by atoms with Crippen LogP contribution < -0.4 is 21.7 Å². The Morgan fingerprint density at radius 1 is 1.08 bits per heavy atom. The minimum Gasteiger partial charge on any atom is -0.480 e. The van der Waals surface area contributed by atoms with Crippen LogP contribution in [0.1, 0.15) is 27.2 Å². The normalized spacial score (nSPS) is 15.5. The van der Waals surface area contributed by atoms with E-state index in [0.717, 1.165) is 0 Å². The molecule has 4 unspecified atom stereocenters. The highest BCUT2D eigenvalue weighted by Gasteiger charge is 2.29. The molecule has 6 N–H and O–H groups in total. The molecular formula is C14H26N4O5S. The van der Waals surface area contributed by atoms with Crippen molar-refractivity contribution in [3.05, 3.63) is 0 Å². The number of hydrogen-bond acceptors (Lipinski definition) is 6. The number of nitrogens with one attached hydrogen (secondary N) is 3. The average molecular weight is 362 g/mol. The number of rotatable bonds is 10. The monoisotopic (exact) mass is 362 g/mol. The zero-order chi connectivity index (χ0) is 18.9. The van der Waals surface area contributed by atoms with Crippen LogP contribution in [0.4, 0.5) is 0 Å². The number of carbonyl (C=O) groups excluding carboxylic acids is 3. The first-order valence-corrected chi connectivity index (χ1v) is 8.24. The molecule has 0 radical (unpaired) electrons. The minimum atomic E-state index is -1.19. The van der Waals surface area contributed by atoms with Crippen molar-refractivity contribution in [3.8, 4) is 0 Å². The largest absolute Gasteiger partial charge is 0.480 e. The van der Waals surface area contributed by atoms with Crippen LogP contribution in [0.25, 0.3) is 0 Å². The van der Waals surface area contributed by atoms with Crippen molar-refractivity contribution >= 4 is 36.3 Å². The summed E-state index contributed by atoms with van der Waals surface area (Å²) in [5.41, 5.74) is 5.25. The Labute approximate surface area is 146 Å². The predicted molar refractivity (Wildman–Crippen MR) is 91.5 cm³/mol. The summed E-state index contributed by atoms with van der Waals surface area (Å²) in [6.45, 7) is 4.69. The number of carbonyl (C=O) groups is 4. The van der Waals surface area contributed by atoms with E-state index in [1.54, 1.807) is 6.92 Å². The van der Waals surface area contributed by atoms with Gasteiger partial charge >= 0.3 is 5.97 Å². The number of carboxylic acids is 1. The third-order valence-electron chi connectivity index (χ3n) is 3.54. The van der Waals surface area contributed by atoms with Gasteiger partial charge in [-0.15, -0.1) is 0 Å². The highest BCUT2D eigenvalue weighted by molar-refractivity contribution is 7.80. The first-order chi connectivity index (χ1) is 11.2. The number of aliphatic carboxylic acids is 1. The molecule has 0 aromatic heterocycles. The highest BCUT2D eigenvalue weighted by atomic mass is 32.1. The van der Waals surface area contributed by atoms with Crippen LogP contribution in [0.2, 0.25) is 0 Å². The maximum Gasteiger partial charge on any atom is 0.325 e. The number of nitrogens with two attached hydrogens (primary N) is 1. The number of amides is 3. The summed E-state index contributed by atoms with van der Waals surface area (Å²) in [6.07, 6.45) is 0.622. The predicted octanol–water partition coefficient (Wildman–Crippen LogP) is -1.52. The van der Waals surface area contributed by atoms with Crippen molar-refractivity contribution in [3.63, 3.8) is 0 Å². The molecule has 0 bridgehead atoms. The van der Waals surface area contributed by atoms with Crippen molar-refractivity contribution < 1.29 is 24.3 Å². The molecule has 10 heteroatoms. The molecule has 0 aliphatic rings. The maximum absolute atomic E-state index is 12.4. The van der Waals surface area contributed by atoms with Gasteiger partial charge in [0.1, 0.15) is 18.1 Å². The van der Waals surface area contributed by atoms with Gasteiger partial charge in [0.05, 0.1) is 6.54 Å². The summed E-state index contributed by atoms with van der Waals surface area (Å²) in [5.74, 6) is -3.10. The summed E-state index contributed by atoms with van der Waals surface area (Å²) < 4.78 is 0. The summed E-state index contributed by atoms with van der Waals surface area (Å²) in [7, 11) is 0. The van der Waals surface area contributed by atoms with Crippen molar-refractivity contribution in [1.29, 1.82) is 0 Å². The van der Waals surface area contributed by atoms with E-state index in [1.165, 1.54) is 6.92 Å². The zero-order valence-corrected chi connectivity index (χ0v) is 14.9. The van der Waals surface area contributed by atoms with Gasteiger partial charge in [-0.05, 0) is 12.8 Å². The third-order valence-corrected chi connectivity index (χ3v) is 3.91. The van der Waals surface area contributed by atoms with Gasteiger partial charge in [0.15, 0.2) is 0 Å². The molecule has 0 rings (SSSR count). The van der Waals surface area contributed by atoms with Crippen molar-refractivity contribution in [2.45, 2.75) is 45.3 Å². The highest BCUT2D eigenvalue weighted by Crippen LogP contribution is 2.08. The van der Waals surface area contributed by atoms with Gasteiger partial charge in [-0.1, -0.05) is 20.3 Å². The fraction of sp³-hybridized carbons (Fsp3) is 0.714. The molecule has 0 heterocycles. The second-order valence-electron chi connectivity index (χ2n) is 5.45. The average Bonchev–Trinajstić information content (AvgIpc) is 2.55.